The number of amides is 2. The van der Waals surface area contributed by atoms with E-state index < -0.39 is 0 Å². The van der Waals surface area contributed by atoms with Gasteiger partial charge in [-0.15, -0.1) is 0 Å². The average Bonchev–Trinajstić information content (AvgIpc) is 2.91. The van der Waals surface area contributed by atoms with Crippen LogP contribution in [0.5, 0.6) is 0 Å². The van der Waals surface area contributed by atoms with Crippen LogP contribution in [-0.4, -0.2) is 22.5 Å². The van der Waals surface area contributed by atoms with Crippen molar-refractivity contribution in [3.63, 3.8) is 0 Å². The maximum atomic E-state index is 12.7. The predicted molar refractivity (Wildman–Crippen MR) is 70.3 cm³/mol. The van der Waals surface area contributed by atoms with Crippen LogP contribution in [-0.2, 0) is 6.42 Å². The molecule has 0 aliphatic carbocycles. The zero-order valence-electron chi connectivity index (χ0n) is 10.3. The minimum atomic E-state index is -0.329. The van der Waals surface area contributed by atoms with Gasteiger partial charge in [-0.3, -0.25) is 0 Å². The zero-order valence-corrected chi connectivity index (χ0v) is 10.3. The maximum absolute atomic E-state index is 12.7. The second kappa shape index (κ2) is 6.53. The van der Waals surface area contributed by atoms with E-state index in [1.807, 2.05) is 0 Å². The number of aromatic amines is 1. The molecule has 2 amide bonds. The standard InChI is InChI=1S/C13H15FN4O/c14-10-3-5-11(6-4-10)18-13(19)17-7-1-2-12-15-8-9-16-12/h3-6,8-9H,1-2,7H2,(H,15,16)(H2,17,18,19). The first kappa shape index (κ1) is 13.1. The van der Waals surface area contributed by atoms with Gasteiger partial charge in [-0.1, -0.05) is 0 Å². The largest absolute Gasteiger partial charge is 0.349 e. The fourth-order valence-corrected chi connectivity index (χ4v) is 1.60. The van der Waals surface area contributed by atoms with Gasteiger partial charge in [-0.2, -0.15) is 0 Å². The number of hydrogen-bond donors (Lipinski definition) is 3. The summed E-state index contributed by atoms with van der Waals surface area (Å²) in [6.07, 6.45) is 5.04. The number of urea groups is 1. The zero-order chi connectivity index (χ0) is 13.5. The minimum Gasteiger partial charge on any atom is -0.349 e. The number of halogens is 1. The smallest absolute Gasteiger partial charge is 0.319 e. The number of H-pyrrole nitrogens is 1. The lowest BCUT2D eigenvalue weighted by Crippen LogP contribution is -2.29. The van der Waals surface area contributed by atoms with E-state index in [1.165, 1.54) is 24.3 Å². The highest BCUT2D eigenvalue weighted by Gasteiger charge is 2.01. The van der Waals surface area contributed by atoms with Gasteiger partial charge in [0.15, 0.2) is 0 Å². The summed E-state index contributed by atoms with van der Waals surface area (Å²) >= 11 is 0. The Hall–Kier alpha value is -2.37. The highest BCUT2D eigenvalue weighted by Crippen LogP contribution is 2.07. The molecule has 0 aliphatic rings. The third kappa shape index (κ3) is 4.42. The molecular formula is C13H15FN4O. The average molecular weight is 262 g/mol. The number of rotatable bonds is 5. The number of anilines is 1. The maximum Gasteiger partial charge on any atom is 0.319 e. The predicted octanol–water partition coefficient (Wildman–Crippen LogP) is 2.30. The number of imidazole rings is 1. The lowest BCUT2D eigenvalue weighted by Gasteiger charge is -2.07. The molecule has 0 saturated heterocycles. The molecule has 6 heteroatoms. The molecule has 19 heavy (non-hydrogen) atoms. The molecule has 100 valence electrons. The normalized spacial score (nSPS) is 10.2. The van der Waals surface area contributed by atoms with Crippen LogP contribution in [0.1, 0.15) is 12.2 Å². The molecular weight excluding hydrogens is 247 g/mol. The number of aromatic nitrogens is 2. The number of nitrogens with one attached hydrogen (secondary N) is 3. The van der Waals surface area contributed by atoms with Crippen molar-refractivity contribution in [1.29, 1.82) is 0 Å². The summed E-state index contributed by atoms with van der Waals surface area (Å²) in [5.74, 6) is 0.574. The van der Waals surface area contributed by atoms with Gasteiger partial charge >= 0.3 is 6.03 Å². The molecule has 0 aliphatic heterocycles. The van der Waals surface area contributed by atoms with Crippen molar-refractivity contribution in [2.75, 3.05) is 11.9 Å². The molecule has 1 aromatic heterocycles. The van der Waals surface area contributed by atoms with Crippen molar-refractivity contribution in [2.24, 2.45) is 0 Å². The van der Waals surface area contributed by atoms with Crippen molar-refractivity contribution >= 4 is 11.7 Å². The topological polar surface area (TPSA) is 69.8 Å². The van der Waals surface area contributed by atoms with Crippen LogP contribution in [0.4, 0.5) is 14.9 Å². The van der Waals surface area contributed by atoms with E-state index in [4.69, 9.17) is 0 Å². The summed E-state index contributed by atoms with van der Waals surface area (Å²) in [6, 6.07) is 5.32. The highest BCUT2D eigenvalue weighted by atomic mass is 19.1. The molecule has 0 saturated carbocycles. The summed E-state index contributed by atoms with van der Waals surface area (Å²) < 4.78 is 12.7. The van der Waals surface area contributed by atoms with Gasteiger partial charge in [0.25, 0.3) is 0 Å². The molecule has 0 bridgehead atoms. The van der Waals surface area contributed by atoms with Gasteiger partial charge in [0.1, 0.15) is 11.6 Å². The molecule has 2 aromatic rings. The van der Waals surface area contributed by atoms with E-state index in [-0.39, 0.29) is 11.8 Å². The monoisotopic (exact) mass is 262 g/mol. The van der Waals surface area contributed by atoms with Crippen LogP contribution < -0.4 is 10.6 Å². The van der Waals surface area contributed by atoms with Crippen LogP contribution in [0.2, 0.25) is 0 Å². The molecule has 1 heterocycles. The Morgan fingerprint density at radius 3 is 2.79 bits per heavy atom. The van der Waals surface area contributed by atoms with E-state index in [0.29, 0.717) is 12.2 Å². The number of aryl methyl sites for hydroxylation is 1. The van der Waals surface area contributed by atoms with Crippen LogP contribution >= 0.6 is 0 Å². The second-order valence-corrected chi connectivity index (χ2v) is 4.03. The number of carbonyl (C=O) groups is 1. The lowest BCUT2D eigenvalue weighted by molar-refractivity contribution is 0.252. The van der Waals surface area contributed by atoms with E-state index in [1.54, 1.807) is 12.4 Å². The minimum absolute atomic E-state index is 0.300. The van der Waals surface area contributed by atoms with Crippen molar-refractivity contribution in [3.8, 4) is 0 Å². The van der Waals surface area contributed by atoms with Gasteiger partial charge in [0.2, 0.25) is 0 Å². The molecule has 0 fully saturated rings. The Balaban J connectivity index is 1.65. The van der Waals surface area contributed by atoms with E-state index in [2.05, 4.69) is 20.6 Å². The first-order chi connectivity index (χ1) is 9.24. The van der Waals surface area contributed by atoms with Gasteiger partial charge in [0, 0.05) is 31.0 Å². The summed E-state index contributed by atoms with van der Waals surface area (Å²) in [5.41, 5.74) is 0.560. The Kier molecular flexibility index (Phi) is 4.49. The van der Waals surface area contributed by atoms with Crippen LogP contribution in [0.25, 0.3) is 0 Å². The van der Waals surface area contributed by atoms with Crippen molar-refractivity contribution in [2.45, 2.75) is 12.8 Å². The fraction of sp³-hybridized carbons (Fsp3) is 0.231. The highest BCUT2D eigenvalue weighted by molar-refractivity contribution is 5.89. The Bertz CT molecular complexity index is 510. The third-order valence-corrected chi connectivity index (χ3v) is 2.53. The summed E-state index contributed by atoms with van der Waals surface area (Å²) in [6.45, 7) is 0.549. The van der Waals surface area contributed by atoms with Crippen molar-refractivity contribution in [1.82, 2.24) is 15.3 Å². The number of benzene rings is 1. The first-order valence-corrected chi connectivity index (χ1v) is 6.03. The number of carbonyl (C=O) groups excluding carboxylic acids is 1. The van der Waals surface area contributed by atoms with Gasteiger partial charge < -0.3 is 15.6 Å². The van der Waals surface area contributed by atoms with Gasteiger partial charge in [-0.05, 0) is 30.7 Å². The van der Waals surface area contributed by atoms with Crippen molar-refractivity contribution < 1.29 is 9.18 Å². The summed E-state index contributed by atoms with van der Waals surface area (Å²) in [4.78, 5) is 18.6. The molecule has 5 nitrogen and oxygen atoms in total. The first-order valence-electron chi connectivity index (χ1n) is 6.03. The Morgan fingerprint density at radius 1 is 1.32 bits per heavy atom. The second-order valence-electron chi connectivity index (χ2n) is 4.03. The third-order valence-electron chi connectivity index (χ3n) is 2.53. The van der Waals surface area contributed by atoms with Crippen molar-refractivity contribution in [3.05, 3.63) is 48.3 Å². The molecule has 0 unspecified atom stereocenters. The number of hydrogen-bond acceptors (Lipinski definition) is 2. The van der Waals surface area contributed by atoms with Crippen LogP contribution in [0.15, 0.2) is 36.7 Å². The molecule has 2 rings (SSSR count). The molecule has 0 radical (unpaired) electrons. The molecule has 0 atom stereocenters. The Morgan fingerprint density at radius 2 is 2.11 bits per heavy atom. The van der Waals surface area contributed by atoms with Crippen LogP contribution in [0, 0.1) is 5.82 Å². The van der Waals surface area contributed by atoms with Gasteiger partial charge in [0.05, 0.1) is 0 Å². The molecule has 0 spiro atoms. The number of nitrogens with zero attached hydrogens (tertiary/aromatic N) is 1. The fourth-order valence-electron chi connectivity index (χ4n) is 1.60. The Labute approximate surface area is 110 Å². The lowest BCUT2D eigenvalue weighted by atomic mass is 10.3. The molecule has 3 N–H and O–H groups in total. The van der Waals surface area contributed by atoms with Gasteiger partial charge in [-0.25, -0.2) is 14.2 Å². The quantitative estimate of drug-likeness (QED) is 0.724. The SMILES string of the molecule is O=C(NCCCc1ncc[nH]1)Nc1ccc(F)cc1. The summed E-state index contributed by atoms with van der Waals surface area (Å²) in [7, 11) is 0. The van der Waals surface area contributed by atoms with Crippen LogP contribution in [0.3, 0.4) is 0 Å². The molecule has 1 aromatic carbocycles. The van der Waals surface area contributed by atoms with E-state index >= 15 is 0 Å². The van der Waals surface area contributed by atoms with E-state index in [0.717, 1.165) is 18.7 Å². The van der Waals surface area contributed by atoms with E-state index in [9.17, 15) is 9.18 Å². The summed E-state index contributed by atoms with van der Waals surface area (Å²) in [5, 5.41) is 5.35.